The normalized spacial score (nSPS) is 12.0. The van der Waals surface area contributed by atoms with Gasteiger partial charge in [-0.1, -0.05) is 0 Å². The van der Waals surface area contributed by atoms with Crippen LogP contribution in [0.15, 0.2) is 0 Å². The molecule has 0 bridgehead atoms. The zero-order valence-corrected chi connectivity index (χ0v) is 13.8. The van der Waals surface area contributed by atoms with Gasteiger partial charge in [-0.3, -0.25) is 0 Å². The van der Waals surface area contributed by atoms with Crippen LogP contribution in [0.2, 0.25) is 0 Å². The molecule has 0 amide bonds. The first-order valence-corrected chi connectivity index (χ1v) is 10.00. The van der Waals surface area contributed by atoms with E-state index in [1.165, 1.54) is 26.5 Å². The van der Waals surface area contributed by atoms with Crippen LogP contribution in [0.4, 0.5) is 0 Å². The summed E-state index contributed by atoms with van der Waals surface area (Å²) < 4.78 is 9.35. The average Bonchev–Trinajstić information content (AvgIpc) is 2.45. The Bertz CT molecular complexity index is 251. The zero-order valence-electron chi connectivity index (χ0n) is 12.8. The third-order valence-electron chi connectivity index (χ3n) is 4.13. The van der Waals surface area contributed by atoms with Crippen molar-refractivity contribution >= 4 is 19.2 Å². The second-order valence-corrected chi connectivity index (χ2v) is 10.5. The van der Waals surface area contributed by atoms with Crippen LogP contribution in [0, 0.1) is 0 Å². The molecule has 19 heavy (non-hydrogen) atoms. The molecule has 0 aliphatic heterocycles. The van der Waals surface area contributed by atoms with Crippen molar-refractivity contribution in [2.75, 3.05) is 38.9 Å². The van der Waals surface area contributed by atoms with E-state index in [2.05, 4.69) is 23.3 Å². The van der Waals surface area contributed by atoms with E-state index in [9.17, 15) is 9.59 Å². The molecule has 0 atom stereocenters. The zero-order chi connectivity index (χ0) is 14.7. The van der Waals surface area contributed by atoms with Crippen LogP contribution in [0.3, 0.4) is 0 Å². The molecule has 0 aromatic heterocycles. The molecule has 0 aromatic rings. The first-order valence-electron chi connectivity index (χ1n) is 7.17. The topological polar surface area (TPSA) is 52.6 Å². The Morgan fingerprint density at radius 1 is 0.842 bits per heavy atom. The first kappa shape index (κ1) is 18.4. The molecule has 0 radical (unpaired) electrons. The van der Waals surface area contributed by atoms with Crippen LogP contribution in [0.25, 0.3) is 0 Å². The van der Waals surface area contributed by atoms with Gasteiger partial charge in [0.1, 0.15) is 0 Å². The number of carbonyl (C=O) groups is 2. The van der Waals surface area contributed by atoms with Crippen LogP contribution >= 0.6 is 7.26 Å². The number of esters is 2. The minimum absolute atomic E-state index is 0.121. The third kappa shape index (κ3) is 7.51. The molecule has 5 heteroatoms. The average molecular weight is 292 g/mol. The number of methoxy groups -OCH3 is 2. The van der Waals surface area contributed by atoms with Crippen molar-refractivity contribution in [1.29, 1.82) is 0 Å². The van der Waals surface area contributed by atoms with E-state index in [4.69, 9.17) is 0 Å². The molecular formula is C14H29O4P. The van der Waals surface area contributed by atoms with Gasteiger partial charge in [0.25, 0.3) is 0 Å². The summed E-state index contributed by atoms with van der Waals surface area (Å²) in [7, 11) is 1.55. The number of hydrogen-bond acceptors (Lipinski definition) is 4. The van der Waals surface area contributed by atoms with Crippen molar-refractivity contribution in [3.63, 3.8) is 0 Å². The number of carbonyl (C=O) groups excluding carboxylic acids is 2. The Labute approximate surface area is 117 Å². The second-order valence-electron chi connectivity index (χ2n) is 5.07. The van der Waals surface area contributed by atoms with Crippen molar-refractivity contribution in [2.24, 2.45) is 0 Å². The summed E-state index contributed by atoms with van der Waals surface area (Å²) in [5.41, 5.74) is 0. The van der Waals surface area contributed by atoms with Crippen LogP contribution < -0.4 is 0 Å². The fourth-order valence-corrected chi connectivity index (χ4v) is 6.52. The number of rotatable bonds is 10. The minimum atomic E-state index is -1.32. The Hall–Kier alpha value is -0.630. The second kappa shape index (κ2) is 10.2. The summed E-state index contributed by atoms with van der Waals surface area (Å²) in [5.74, 6) is -0.241. The van der Waals surface area contributed by atoms with E-state index < -0.39 is 7.26 Å². The molecule has 0 rings (SSSR count). The van der Waals surface area contributed by atoms with E-state index in [0.717, 1.165) is 25.2 Å². The summed E-state index contributed by atoms with van der Waals surface area (Å²) in [6, 6.07) is 0. The molecule has 0 saturated heterocycles. The monoisotopic (exact) mass is 292 g/mol. The van der Waals surface area contributed by atoms with Gasteiger partial charge in [0.15, 0.2) is 0 Å². The van der Waals surface area contributed by atoms with Gasteiger partial charge in [0.05, 0.1) is 0 Å². The first-order chi connectivity index (χ1) is 9.03. The number of hydrogen-bond donors (Lipinski definition) is 0. The molecular weight excluding hydrogens is 263 g/mol. The van der Waals surface area contributed by atoms with Gasteiger partial charge in [0.2, 0.25) is 0 Å². The van der Waals surface area contributed by atoms with E-state index in [1.54, 1.807) is 0 Å². The van der Waals surface area contributed by atoms with Gasteiger partial charge in [-0.2, -0.15) is 0 Å². The van der Waals surface area contributed by atoms with Crippen LogP contribution in [0.1, 0.15) is 39.5 Å². The quantitative estimate of drug-likeness (QED) is 0.459. The Morgan fingerprint density at radius 3 is 1.47 bits per heavy atom. The molecule has 0 saturated carbocycles. The Morgan fingerprint density at radius 2 is 1.21 bits per heavy atom. The molecule has 0 unspecified atom stereocenters. The number of ether oxygens (including phenoxy) is 2. The third-order valence-corrected chi connectivity index (χ3v) is 9.96. The summed E-state index contributed by atoms with van der Waals surface area (Å²) in [6.07, 6.45) is 7.59. The fraction of sp³-hybridized carbons (Fsp3) is 0.857. The predicted molar refractivity (Wildman–Crippen MR) is 81.6 cm³/mol. The van der Waals surface area contributed by atoms with E-state index >= 15 is 0 Å². The molecule has 0 aliphatic rings. The van der Waals surface area contributed by atoms with Crippen LogP contribution in [-0.2, 0) is 19.1 Å². The Balaban J connectivity index is 4.17. The van der Waals surface area contributed by atoms with Crippen molar-refractivity contribution in [3.05, 3.63) is 0 Å². The molecule has 114 valence electrons. The van der Waals surface area contributed by atoms with Gasteiger partial charge in [-0.05, 0) is 0 Å². The molecule has 0 spiro atoms. The maximum atomic E-state index is 11.1. The van der Waals surface area contributed by atoms with Gasteiger partial charge >= 0.3 is 117 Å². The summed E-state index contributed by atoms with van der Waals surface area (Å²) >= 11 is 0. The van der Waals surface area contributed by atoms with Gasteiger partial charge < -0.3 is 0 Å². The fourth-order valence-electron chi connectivity index (χ4n) is 2.50. The maximum absolute atomic E-state index is 11.1. The summed E-state index contributed by atoms with van der Waals surface area (Å²) in [6.45, 7) is 4.48. The molecule has 0 fully saturated rings. The molecule has 0 aromatic carbocycles. The van der Waals surface area contributed by atoms with Gasteiger partial charge in [-0.25, -0.2) is 0 Å². The van der Waals surface area contributed by atoms with Crippen LogP contribution in [-0.4, -0.2) is 50.8 Å². The predicted octanol–water partition coefficient (Wildman–Crippen LogP) is 2.68. The summed E-state index contributed by atoms with van der Waals surface area (Å²) in [5, 5.41) is 0. The van der Waals surface area contributed by atoms with E-state index in [-0.39, 0.29) is 11.9 Å². The van der Waals surface area contributed by atoms with E-state index in [0.29, 0.717) is 12.8 Å². The van der Waals surface area contributed by atoms with Crippen molar-refractivity contribution in [3.8, 4) is 0 Å². The molecule has 0 heterocycles. The molecule has 0 aliphatic carbocycles. The Kier molecular flexibility index (Phi) is 9.85. The summed E-state index contributed by atoms with van der Waals surface area (Å²) in [4.78, 5) is 22.3. The standard InChI is InChI=1S/C14H29O4P/c1-5-19(6-2,11-7-9-13(15)17-3)12-8-10-14(16)18-4/h19H,5-12H2,1-4H3. The van der Waals surface area contributed by atoms with Crippen molar-refractivity contribution in [1.82, 2.24) is 0 Å². The van der Waals surface area contributed by atoms with Gasteiger partial charge in [0, 0.05) is 0 Å². The van der Waals surface area contributed by atoms with Crippen LogP contribution in [0.5, 0.6) is 0 Å². The van der Waals surface area contributed by atoms with E-state index in [1.807, 2.05) is 0 Å². The van der Waals surface area contributed by atoms with Crippen molar-refractivity contribution < 1.29 is 19.1 Å². The van der Waals surface area contributed by atoms with Gasteiger partial charge in [-0.15, -0.1) is 0 Å². The molecule has 0 N–H and O–H groups in total. The van der Waals surface area contributed by atoms with Crippen molar-refractivity contribution in [2.45, 2.75) is 39.5 Å². The molecule has 4 nitrogen and oxygen atoms in total. The SMILES string of the molecule is CC[PH](CC)(CCCC(=O)OC)CCCC(=O)OC.